The van der Waals surface area contributed by atoms with Crippen LogP contribution < -0.4 is 5.32 Å². The number of nitrogens with zero attached hydrogens (tertiary/aromatic N) is 2. The summed E-state index contributed by atoms with van der Waals surface area (Å²) in [5.74, 6) is -0.0981. The Labute approximate surface area is 125 Å². The number of hydrogen-bond donors (Lipinski definition) is 2. The highest BCUT2D eigenvalue weighted by Crippen LogP contribution is 2.06. The van der Waals surface area contributed by atoms with E-state index in [0.29, 0.717) is 13.1 Å². The molecule has 1 atom stereocenters. The fraction of sp³-hybridized carbons (Fsp3) is 0.500. The van der Waals surface area contributed by atoms with Gasteiger partial charge in [-0.15, -0.1) is 0 Å². The highest BCUT2D eigenvalue weighted by molar-refractivity contribution is 7.80. The van der Waals surface area contributed by atoms with Crippen molar-refractivity contribution < 1.29 is 9.59 Å². The zero-order chi connectivity index (χ0) is 15.1. The van der Waals surface area contributed by atoms with Crippen LogP contribution in [-0.4, -0.2) is 40.0 Å². The van der Waals surface area contributed by atoms with Crippen LogP contribution in [0.15, 0.2) is 18.2 Å². The molecule has 1 N–H and O–H groups in total. The van der Waals surface area contributed by atoms with E-state index in [1.165, 1.54) is 6.92 Å². The molecule has 0 bridgehead atoms. The quantitative estimate of drug-likeness (QED) is 0.775. The normalized spacial score (nSPS) is 11.8. The molecule has 0 aliphatic rings. The van der Waals surface area contributed by atoms with E-state index < -0.39 is 6.04 Å². The first-order chi connectivity index (χ1) is 9.47. The molecule has 1 unspecified atom stereocenters. The van der Waals surface area contributed by atoms with E-state index in [2.05, 4.69) is 22.9 Å². The summed E-state index contributed by atoms with van der Waals surface area (Å²) in [5.41, 5.74) is 1.75. The van der Waals surface area contributed by atoms with Gasteiger partial charge in [0.15, 0.2) is 0 Å². The second-order valence-electron chi connectivity index (χ2n) is 4.56. The zero-order valence-corrected chi connectivity index (χ0v) is 13.0. The average molecular weight is 295 g/mol. The minimum Gasteiger partial charge on any atom is -0.344 e. The van der Waals surface area contributed by atoms with Gasteiger partial charge >= 0.3 is 0 Å². The lowest BCUT2D eigenvalue weighted by atomic mass is 10.2. The monoisotopic (exact) mass is 295 g/mol. The van der Waals surface area contributed by atoms with Crippen LogP contribution in [-0.2, 0) is 16.1 Å². The van der Waals surface area contributed by atoms with Gasteiger partial charge in [-0.05, 0) is 26.0 Å². The fourth-order valence-electron chi connectivity index (χ4n) is 1.88. The van der Waals surface area contributed by atoms with E-state index in [4.69, 9.17) is 0 Å². The Kier molecular flexibility index (Phi) is 6.51. The Morgan fingerprint density at radius 1 is 1.45 bits per heavy atom. The number of rotatable bonds is 6. The number of thiol groups is 1. The number of hydrogen-bond acceptors (Lipinski definition) is 4. The zero-order valence-electron chi connectivity index (χ0n) is 12.1. The lowest BCUT2D eigenvalue weighted by Crippen LogP contribution is -2.48. The van der Waals surface area contributed by atoms with Gasteiger partial charge < -0.3 is 10.2 Å². The lowest BCUT2D eigenvalue weighted by Gasteiger charge is -2.25. The van der Waals surface area contributed by atoms with Crippen molar-refractivity contribution in [2.75, 3.05) is 12.3 Å². The van der Waals surface area contributed by atoms with Crippen LogP contribution in [0, 0.1) is 6.92 Å². The van der Waals surface area contributed by atoms with Crippen LogP contribution in [0.4, 0.5) is 0 Å². The van der Waals surface area contributed by atoms with Crippen molar-refractivity contribution in [2.45, 2.75) is 33.4 Å². The molecule has 1 aromatic rings. The first-order valence-corrected chi connectivity index (χ1v) is 7.20. The Hall–Kier alpha value is -1.56. The summed E-state index contributed by atoms with van der Waals surface area (Å²) in [5, 5.41) is 2.61. The van der Waals surface area contributed by atoms with Gasteiger partial charge in [-0.3, -0.25) is 14.6 Å². The molecule has 1 rings (SSSR count). The van der Waals surface area contributed by atoms with Gasteiger partial charge in [-0.1, -0.05) is 6.07 Å². The third-order valence-electron chi connectivity index (χ3n) is 2.85. The number of aryl methyl sites for hydroxylation is 1. The summed E-state index contributed by atoms with van der Waals surface area (Å²) in [6.07, 6.45) is 0. The minimum absolute atomic E-state index is 0.138. The molecule has 2 amide bonds. The number of carbonyl (C=O) groups excluding carboxylic acids is 2. The van der Waals surface area contributed by atoms with Crippen LogP contribution >= 0.6 is 12.6 Å². The van der Waals surface area contributed by atoms with E-state index in [1.54, 1.807) is 4.90 Å². The first kappa shape index (κ1) is 16.5. The number of nitrogens with one attached hydrogen (secondary N) is 1. The number of amides is 2. The van der Waals surface area contributed by atoms with Gasteiger partial charge in [0.1, 0.15) is 6.04 Å². The average Bonchev–Trinajstić information content (AvgIpc) is 2.41. The van der Waals surface area contributed by atoms with Crippen LogP contribution in [0.25, 0.3) is 0 Å². The molecule has 0 aliphatic carbocycles. The van der Waals surface area contributed by atoms with Gasteiger partial charge in [-0.2, -0.15) is 12.6 Å². The maximum atomic E-state index is 12.4. The predicted octanol–water partition coefficient (Wildman–Crippen LogP) is 1.17. The van der Waals surface area contributed by atoms with E-state index >= 15 is 0 Å². The Morgan fingerprint density at radius 2 is 2.15 bits per heavy atom. The molecular formula is C14H21N3O2S. The van der Waals surface area contributed by atoms with Crippen molar-refractivity contribution in [3.8, 4) is 0 Å². The topological polar surface area (TPSA) is 62.3 Å². The molecule has 20 heavy (non-hydrogen) atoms. The van der Waals surface area contributed by atoms with Gasteiger partial charge in [0.05, 0.1) is 12.2 Å². The molecule has 0 saturated carbocycles. The Bertz CT molecular complexity index is 479. The highest BCUT2D eigenvalue weighted by atomic mass is 32.1. The Balaban J connectivity index is 2.78. The summed E-state index contributed by atoms with van der Waals surface area (Å²) in [6.45, 7) is 6.19. The molecular weight excluding hydrogens is 274 g/mol. The van der Waals surface area contributed by atoms with Crippen LogP contribution in [0.5, 0.6) is 0 Å². The van der Waals surface area contributed by atoms with Gasteiger partial charge in [0.2, 0.25) is 11.8 Å². The molecule has 0 fully saturated rings. The van der Waals surface area contributed by atoms with Crippen LogP contribution in [0.1, 0.15) is 25.2 Å². The van der Waals surface area contributed by atoms with E-state index in [1.807, 2.05) is 32.0 Å². The first-order valence-electron chi connectivity index (χ1n) is 6.57. The smallest absolute Gasteiger partial charge is 0.246 e. The highest BCUT2D eigenvalue weighted by Gasteiger charge is 2.23. The van der Waals surface area contributed by atoms with Crippen LogP contribution in [0.2, 0.25) is 0 Å². The van der Waals surface area contributed by atoms with Crippen molar-refractivity contribution in [1.82, 2.24) is 15.2 Å². The number of aromatic nitrogens is 1. The molecule has 0 spiro atoms. The van der Waals surface area contributed by atoms with Crippen molar-refractivity contribution in [1.29, 1.82) is 0 Å². The number of likely N-dealkylation sites (N-methyl/N-ethyl adjacent to an activating group) is 1. The fourth-order valence-corrected chi connectivity index (χ4v) is 2.13. The summed E-state index contributed by atoms with van der Waals surface area (Å²) < 4.78 is 0. The van der Waals surface area contributed by atoms with Gasteiger partial charge in [0.25, 0.3) is 0 Å². The maximum Gasteiger partial charge on any atom is 0.246 e. The number of carbonyl (C=O) groups is 2. The molecule has 6 heteroatoms. The Morgan fingerprint density at radius 3 is 2.65 bits per heavy atom. The molecule has 0 saturated heterocycles. The lowest BCUT2D eigenvalue weighted by molar-refractivity contribution is -0.135. The van der Waals surface area contributed by atoms with Gasteiger partial charge in [-0.25, -0.2) is 0 Å². The van der Waals surface area contributed by atoms with E-state index in [9.17, 15) is 9.59 Å². The molecule has 5 nitrogen and oxygen atoms in total. The molecule has 110 valence electrons. The van der Waals surface area contributed by atoms with E-state index in [0.717, 1.165) is 11.4 Å². The SMILES string of the molecule is CCN(Cc1cccc(C)n1)C(=O)C(CS)NC(C)=O. The van der Waals surface area contributed by atoms with Crippen LogP contribution in [0.3, 0.4) is 0 Å². The molecule has 0 radical (unpaired) electrons. The predicted molar refractivity (Wildman–Crippen MR) is 81.5 cm³/mol. The third kappa shape index (κ3) is 4.85. The minimum atomic E-state index is -0.597. The summed E-state index contributed by atoms with van der Waals surface area (Å²) >= 11 is 4.13. The van der Waals surface area contributed by atoms with E-state index in [-0.39, 0.29) is 17.6 Å². The second-order valence-corrected chi connectivity index (χ2v) is 4.92. The standard InChI is InChI=1S/C14H21N3O2S/c1-4-17(8-12-7-5-6-10(2)15-12)14(19)13(9-20)16-11(3)18/h5-7,13,20H,4,8-9H2,1-3H3,(H,16,18). The molecule has 1 heterocycles. The van der Waals surface area contributed by atoms with Crippen molar-refractivity contribution in [3.63, 3.8) is 0 Å². The summed E-state index contributed by atoms with van der Waals surface area (Å²) in [4.78, 5) is 29.5. The van der Waals surface area contributed by atoms with Crippen molar-refractivity contribution >= 4 is 24.4 Å². The molecule has 0 aromatic carbocycles. The number of pyridine rings is 1. The summed E-state index contributed by atoms with van der Waals surface area (Å²) in [6, 6.07) is 5.12. The molecule has 0 aliphatic heterocycles. The van der Waals surface area contributed by atoms with Crippen molar-refractivity contribution in [2.24, 2.45) is 0 Å². The molecule has 1 aromatic heterocycles. The summed E-state index contributed by atoms with van der Waals surface area (Å²) in [7, 11) is 0. The third-order valence-corrected chi connectivity index (χ3v) is 3.22. The second kappa shape index (κ2) is 7.89. The maximum absolute atomic E-state index is 12.4. The largest absolute Gasteiger partial charge is 0.344 e. The van der Waals surface area contributed by atoms with Crippen molar-refractivity contribution in [3.05, 3.63) is 29.6 Å². The van der Waals surface area contributed by atoms with Gasteiger partial charge in [0, 0.05) is 24.9 Å².